The van der Waals surface area contributed by atoms with E-state index in [1.54, 1.807) is 30.3 Å². The van der Waals surface area contributed by atoms with Gasteiger partial charge in [-0.2, -0.15) is 0 Å². The average molecular weight is 551 g/mol. The number of nitrogens with one attached hydrogen (secondary N) is 2. The van der Waals surface area contributed by atoms with Gasteiger partial charge >= 0.3 is 5.97 Å². The molecule has 41 heavy (non-hydrogen) atoms. The van der Waals surface area contributed by atoms with E-state index >= 15 is 0 Å². The van der Waals surface area contributed by atoms with Gasteiger partial charge in [-0.25, -0.2) is 4.79 Å². The maximum absolute atomic E-state index is 13.7. The van der Waals surface area contributed by atoms with Crippen molar-refractivity contribution in [2.24, 2.45) is 5.92 Å². The molecule has 0 aliphatic carbocycles. The molecule has 1 aliphatic heterocycles. The lowest BCUT2D eigenvalue weighted by Gasteiger charge is -2.22. The van der Waals surface area contributed by atoms with Crippen molar-refractivity contribution in [3.05, 3.63) is 114 Å². The molecule has 1 saturated heterocycles. The van der Waals surface area contributed by atoms with Gasteiger partial charge in [-0.1, -0.05) is 66.7 Å². The second-order valence-corrected chi connectivity index (χ2v) is 10.1. The number of carboxylic acid groups (broad SMARTS) is 1. The van der Waals surface area contributed by atoms with Crippen LogP contribution in [0.1, 0.15) is 45.5 Å². The van der Waals surface area contributed by atoms with Crippen molar-refractivity contribution in [1.82, 2.24) is 5.32 Å². The second kappa shape index (κ2) is 13.6. The Bertz CT molecular complexity index is 1470. The molecule has 4 aromatic rings. The molecule has 7 nitrogen and oxygen atoms in total. The third-order valence-electron chi connectivity index (χ3n) is 7.29. The van der Waals surface area contributed by atoms with Crippen molar-refractivity contribution in [2.75, 3.05) is 25.0 Å². The van der Waals surface area contributed by atoms with Gasteiger partial charge in [0.2, 0.25) is 0 Å². The molecule has 1 aliphatic rings. The Morgan fingerprint density at radius 2 is 1.54 bits per heavy atom. The number of rotatable bonds is 11. The molecule has 1 amide bonds. The fourth-order valence-corrected chi connectivity index (χ4v) is 4.99. The molecule has 4 aromatic carbocycles. The van der Waals surface area contributed by atoms with Crippen LogP contribution in [0, 0.1) is 5.92 Å². The summed E-state index contributed by atoms with van der Waals surface area (Å²) in [6, 6.07) is 29.4. The minimum absolute atomic E-state index is 0.000777. The van der Waals surface area contributed by atoms with Gasteiger partial charge < -0.3 is 25.2 Å². The first-order chi connectivity index (χ1) is 20.1. The van der Waals surface area contributed by atoms with Crippen LogP contribution in [0.15, 0.2) is 97.1 Å². The lowest BCUT2D eigenvalue weighted by molar-refractivity contribution is 0.0698. The molecule has 0 aromatic heterocycles. The van der Waals surface area contributed by atoms with Crippen molar-refractivity contribution in [3.8, 4) is 22.6 Å². The quantitative estimate of drug-likeness (QED) is 0.193. The van der Waals surface area contributed by atoms with Crippen LogP contribution in [0.25, 0.3) is 11.1 Å². The Balaban J connectivity index is 1.39. The Morgan fingerprint density at radius 1 is 0.805 bits per heavy atom. The van der Waals surface area contributed by atoms with Crippen LogP contribution in [-0.2, 0) is 6.61 Å². The molecule has 210 valence electrons. The van der Waals surface area contributed by atoms with Gasteiger partial charge in [0.25, 0.3) is 5.91 Å². The maximum atomic E-state index is 13.7. The number of carboxylic acids is 1. The summed E-state index contributed by atoms with van der Waals surface area (Å²) in [5.74, 6) is -0.0420. The third kappa shape index (κ3) is 7.52. The number of piperidine rings is 1. The normalized spacial score (nSPS) is 13.4. The average Bonchev–Trinajstić information content (AvgIpc) is 3.01. The maximum Gasteiger partial charge on any atom is 0.337 e. The van der Waals surface area contributed by atoms with Gasteiger partial charge in [-0.15, -0.1) is 0 Å². The van der Waals surface area contributed by atoms with E-state index < -0.39 is 11.9 Å². The molecule has 5 rings (SSSR count). The van der Waals surface area contributed by atoms with Crippen molar-refractivity contribution in [1.29, 1.82) is 0 Å². The minimum atomic E-state index is -1.13. The van der Waals surface area contributed by atoms with Gasteiger partial charge in [0, 0.05) is 0 Å². The van der Waals surface area contributed by atoms with Gasteiger partial charge in [0.05, 0.1) is 23.4 Å². The largest absolute Gasteiger partial charge is 0.494 e. The summed E-state index contributed by atoms with van der Waals surface area (Å²) >= 11 is 0. The van der Waals surface area contributed by atoms with E-state index in [1.165, 1.54) is 6.07 Å². The topological polar surface area (TPSA) is 96.9 Å². The number of hydrogen-bond donors (Lipinski definition) is 3. The Kier molecular flexibility index (Phi) is 9.29. The van der Waals surface area contributed by atoms with E-state index in [-0.39, 0.29) is 23.4 Å². The minimum Gasteiger partial charge on any atom is -0.494 e. The number of ether oxygens (including phenoxy) is 2. The molecule has 1 fully saturated rings. The summed E-state index contributed by atoms with van der Waals surface area (Å²) in [5.41, 5.74) is 3.14. The first-order valence-corrected chi connectivity index (χ1v) is 14.0. The zero-order valence-electron chi connectivity index (χ0n) is 22.8. The summed E-state index contributed by atoms with van der Waals surface area (Å²) in [4.78, 5) is 25.7. The number of anilines is 1. The fraction of sp³-hybridized carbons (Fsp3) is 0.235. The third-order valence-corrected chi connectivity index (χ3v) is 7.29. The van der Waals surface area contributed by atoms with Crippen LogP contribution >= 0.6 is 0 Å². The predicted molar refractivity (Wildman–Crippen MR) is 160 cm³/mol. The standard InChI is InChI=1S/C34H34N2O5/c37-33(36-31-21-27(11-13-29(31)34(38)39)26-9-5-2-6-10-26)30-22-28(40-20-17-24-15-18-35-19-16-24)12-14-32(30)41-23-25-7-3-1-4-8-25/h1-14,21-22,24,35H,15-20,23H2,(H,36,37)(H,38,39). The van der Waals surface area contributed by atoms with Crippen LogP contribution < -0.4 is 20.1 Å². The van der Waals surface area contributed by atoms with Crippen molar-refractivity contribution in [3.63, 3.8) is 0 Å². The number of hydrogen-bond acceptors (Lipinski definition) is 5. The number of aromatic carboxylic acids is 1. The van der Waals surface area contributed by atoms with Crippen LogP contribution in [0.3, 0.4) is 0 Å². The lowest BCUT2D eigenvalue weighted by Crippen LogP contribution is -2.28. The van der Waals surface area contributed by atoms with Crippen LogP contribution in [0.4, 0.5) is 5.69 Å². The number of carbonyl (C=O) groups is 2. The molecule has 0 atom stereocenters. The summed E-state index contributed by atoms with van der Waals surface area (Å²) in [5, 5.41) is 16.0. The molecule has 0 bridgehead atoms. The van der Waals surface area contributed by atoms with E-state index in [0.29, 0.717) is 24.0 Å². The molecular formula is C34H34N2O5. The highest BCUT2D eigenvalue weighted by Gasteiger charge is 2.20. The highest BCUT2D eigenvalue weighted by molar-refractivity contribution is 6.09. The summed E-state index contributed by atoms with van der Waals surface area (Å²) in [6.07, 6.45) is 3.22. The molecule has 0 radical (unpaired) electrons. The van der Waals surface area contributed by atoms with E-state index in [4.69, 9.17) is 9.47 Å². The first kappa shape index (κ1) is 27.9. The number of carbonyl (C=O) groups excluding carboxylic acids is 1. The summed E-state index contributed by atoms with van der Waals surface area (Å²) in [7, 11) is 0. The highest BCUT2D eigenvalue weighted by Crippen LogP contribution is 2.30. The first-order valence-electron chi connectivity index (χ1n) is 14.0. The highest BCUT2D eigenvalue weighted by atomic mass is 16.5. The Hall–Kier alpha value is -4.62. The molecule has 3 N–H and O–H groups in total. The summed E-state index contributed by atoms with van der Waals surface area (Å²) < 4.78 is 12.1. The number of amides is 1. The van der Waals surface area contributed by atoms with Crippen molar-refractivity contribution < 1.29 is 24.2 Å². The Labute approximate surface area is 240 Å². The van der Waals surface area contributed by atoms with Crippen LogP contribution in [0.5, 0.6) is 11.5 Å². The number of benzene rings is 4. The zero-order valence-corrected chi connectivity index (χ0v) is 22.8. The zero-order chi connectivity index (χ0) is 28.4. The summed E-state index contributed by atoms with van der Waals surface area (Å²) in [6.45, 7) is 2.90. The molecule has 0 spiro atoms. The van der Waals surface area contributed by atoms with E-state index in [1.807, 2.05) is 60.7 Å². The molecule has 0 unspecified atom stereocenters. The molecule has 1 heterocycles. The molecular weight excluding hydrogens is 516 g/mol. The second-order valence-electron chi connectivity index (χ2n) is 10.1. The van der Waals surface area contributed by atoms with Gasteiger partial charge in [-0.3, -0.25) is 4.79 Å². The van der Waals surface area contributed by atoms with Crippen LogP contribution in [0.2, 0.25) is 0 Å². The van der Waals surface area contributed by atoms with E-state index in [2.05, 4.69) is 10.6 Å². The van der Waals surface area contributed by atoms with Crippen molar-refractivity contribution in [2.45, 2.75) is 25.9 Å². The van der Waals surface area contributed by atoms with E-state index in [0.717, 1.165) is 49.0 Å². The van der Waals surface area contributed by atoms with Gasteiger partial charge in [0.1, 0.15) is 18.1 Å². The van der Waals surface area contributed by atoms with Crippen molar-refractivity contribution >= 4 is 17.6 Å². The smallest absolute Gasteiger partial charge is 0.337 e. The monoisotopic (exact) mass is 550 g/mol. The Morgan fingerprint density at radius 3 is 2.27 bits per heavy atom. The fourth-order valence-electron chi connectivity index (χ4n) is 4.99. The molecule has 7 heteroatoms. The van der Waals surface area contributed by atoms with Crippen LogP contribution in [-0.4, -0.2) is 36.7 Å². The molecule has 0 saturated carbocycles. The predicted octanol–water partition coefficient (Wildman–Crippen LogP) is 6.65. The SMILES string of the molecule is O=C(O)c1ccc(-c2ccccc2)cc1NC(=O)c1cc(OCCC2CCNCC2)ccc1OCc1ccccc1. The lowest BCUT2D eigenvalue weighted by atomic mass is 9.95. The van der Waals surface area contributed by atoms with Gasteiger partial charge in [-0.05, 0) is 85.3 Å². The van der Waals surface area contributed by atoms with Gasteiger partial charge in [0.15, 0.2) is 0 Å². The van der Waals surface area contributed by atoms with E-state index in [9.17, 15) is 14.7 Å².